The van der Waals surface area contributed by atoms with Crippen molar-refractivity contribution in [3.8, 4) is 5.75 Å². The summed E-state index contributed by atoms with van der Waals surface area (Å²) in [4.78, 5) is 39.5. The van der Waals surface area contributed by atoms with E-state index in [9.17, 15) is 14.4 Å². The Balaban J connectivity index is 1.31. The van der Waals surface area contributed by atoms with Crippen LogP contribution in [-0.4, -0.2) is 17.8 Å². The lowest BCUT2D eigenvalue weighted by Crippen LogP contribution is -2.32. The zero-order valence-electron chi connectivity index (χ0n) is 18.0. The molecule has 3 aliphatic rings. The van der Waals surface area contributed by atoms with Crippen molar-refractivity contribution in [2.75, 3.05) is 4.90 Å². The van der Waals surface area contributed by atoms with Crippen LogP contribution in [0.4, 0.5) is 5.69 Å². The first kappa shape index (κ1) is 21.1. The van der Waals surface area contributed by atoms with Gasteiger partial charge in [-0.3, -0.25) is 14.4 Å². The van der Waals surface area contributed by atoms with Gasteiger partial charge in [0.15, 0.2) is 0 Å². The van der Waals surface area contributed by atoms with E-state index in [4.69, 9.17) is 4.74 Å². The third kappa shape index (κ3) is 4.17. The van der Waals surface area contributed by atoms with Crippen molar-refractivity contribution in [1.29, 1.82) is 0 Å². The fourth-order valence-corrected chi connectivity index (χ4v) is 5.76. The quantitative estimate of drug-likeness (QED) is 0.228. The van der Waals surface area contributed by atoms with E-state index in [1.807, 2.05) is 0 Å². The molecule has 0 unspecified atom stereocenters. The predicted molar refractivity (Wildman–Crippen MR) is 115 cm³/mol. The maximum atomic E-state index is 13.0. The smallest absolute Gasteiger partial charge is 0.311 e. The highest BCUT2D eigenvalue weighted by Gasteiger charge is 2.61. The van der Waals surface area contributed by atoms with Gasteiger partial charge in [-0.1, -0.05) is 51.5 Å². The van der Waals surface area contributed by atoms with Crippen LogP contribution >= 0.6 is 0 Å². The molecule has 1 aromatic carbocycles. The van der Waals surface area contributed by atoms with E-state index in [-0.39, 0.29) is 29.6 Å². The van der Waals surface area contributed by atoms with Gasteiger partial charge >= 0.3 is 5.97 Å². The van der Waals surface area contributed by atoms with Crippen molar-refractivity contribution in [3.63, 3.8) is 0 Å². The molecule has 4 rings (SSSR count). The van der Waals surface area contributed by atoms with Gasteiger partial charge in [0, 0.05) is 12.5 Å². The minimum Gasteiger partial charge on any atom is -0.426 e. The van der Waals surface area contributed by atoms with Crippen molar-refractivity contribution in [2.45, 2.75) is 77.6 Å². The Morgan fingerprint density at radius 2 is 1.60 bits per heavy atom. The number of imide groups is 1. The predicted octanol–water partition coefficient (Wildman–Crippen LogP) is 5.27. The zero-order chi connectivity index (χ0) is 21.1. The largest absolute Gasteiger partial charge is 0.426 e. The number of esters is 1. The lowest BCUT2D eigenvalue weighted by atomic mass is 9.81. The van der Waals surface area contributed by atoms with E-state index >= 15 is 0 Å². The Hall–Kier alpha value is -2.17. The molecule has 2 saturated carbocycles. The first-order chi connectivity index (χ1) is 14.6. The van der Waals surface area contributed by atoms with Crippen LogP contribution in [0.1, 0.15) is 77.6 Å². The molecule has 2 bridgehead atoms. The summed E-state index contributed by atoms with van der Waals surface area (Å²) >= 11 is 0. The normalized spacial score (nSPS) is 27.0. The molecule has 0 N–H and O–H groups in total. The number of amides is 2. The van der Waals surface area contributed by atoms with Crippen molar-refractivity contribution in [2.24, 2.45) is 23.7 Å². The molecule has 1 saturated heterocycles. The molecular formula is C25H33NO4. The third-order valence-electron chi connectivity index (χ3n) is 7.22. The topological polar surface area (TPSA) is 63.7 Å². The van der Waals surface area contributed by atoms with Gasteiger partial charge in [-0.2, -0.15) is 0 Å². The Kier molecular flexibility index (Phi) is 6.55. The van der Waals surface area contributed by atoms with E-state index in [0.717, 1.165) is 38.5 Å². The van der Waals surface area contributed by atoms with Gasteiger partial charge in [-0.15, -0.1) is 0 Å². The molecule has 1 aromatic rings. The summed E-state index contributed by atoms with van der Waals surface area (Å²) < 4.78 is 5.49. The van der Waals surface area contributed by atoms with E-state index < -0.39 is 0 Å². The molecule has 0 radical (unpaired) electrons. The van der Waals surface area contributed by atoms with Crippen molar-refractivity contribution in [1.82, 2.24) is 0 Å². The van der Waals surface area contributed by atoms with Crippen LogP contribution in [0, 0.1) is 23.7 Å². The first-order valence-corrected chi connectivity index (χ1v) is 11.8. The Labute approximate surface area is 179 Å². The van der Waals surface area contributed by atoms with Gasteiger partial charge < -0.3 is 4.74 Å². The number of benzene rings is 1. The number of fused-ring (bicyclic) bond motifs is 5. The monoisotopic (exact) mass is 411 g/mol. The molecule has 0 aromatic heterocycles. The van der Waals surface area contributed by atoms with E-state index in [1.54, 1.807) is 24.3 Å². The Morgan fingerprint density at radius 3 is 2.27 bits per heavy atom. The van der Waals surface area contributed by atoms with Gasteiger partial charge in [-0.25, -0.2) is 4.90 Å². The first-order valence-electron chi connectivity index (χ1n) is 11.8. The van der Waals surface area contributed by atoms with E-state index in [2.05, 4.69) is 6.92 Å². The third-order valence-corrected chi connectivity index (χ3v) is 7.22. The lowest BCUT2D eigenvalue weighted by molar-refractivity contribution is -0.134. The molecule has 2 amide bonds. The number of carbonyl (C=O) groups is 3. The number of hydrogen-bond acceptors (Lipinski definition) is 4. The highest BCUT2D eigenvalue weighted by atomic mass is 16.5. The van der Waals surface area contributed by atoms with Crippen molar-refractivity contribution in [3.05, 3.63) is 24.3 Å². The number of carbonyl (C=O) groups excluding carboxylic acids is 3. The average molecular weight is 412 g/mol. The summed E-state index contributed by atoms with van der Waals surface area (Å²) in [5.41, 5.74) is 0.528. The van der Waals surface area contributed by atoms with Crippen LogP contribution in [0.25, 0.3) is 0 Å². The van der Waals surface area contributed by atoms with Crippen LogP contribution in [0.3, 0.4) is 0 Å². The maximum Gasteiger partial charge on any atom is 0.311 e. The highest BCUT2D eigenvalue weighted by molar-refractivity contribution is 6.22. The highest BCUT2D eigenvalue weighted by Crippen LogP contribution is 2.56. The maximum absolute atomic E-state index is 13.0. The number of anilines is 1. The summed E-state index contributed by atoms with van der Waals surface area (Å²) in [5, 5.41) is 0. The molecule has 0 spiro atoms. The fraction of sp³-hybridized carbons (Fsp3) is 0.640. The molecular weight excluding hydrogens is 378 g/mol. The second kappa shape index (κ2) is 9.32. The van der Waals surface area contributed by atoms with Gasteiger partial charge in [-0.05, 0) is 49.7 Å². The SMILES string of the molecule is CCCCCCCCCC(=O)Oc1cccc(N2C(=O)[C@H]3[C@H]4CC[C@@H](C4)[C@@H]3C2=O)c1. The van der Waals surface area contributed by atoms with Gasteiger partial charge in [0.25, 0.3) is 0 Å². The Bertz CT molecular complexity index is 776. The minimum atomic E-state index is -0.255. The number of nitrogens with zero attached hydrogens (tertiary/aromatic N) is 1. The molecule has 4 atom stereocenters. The van der Waals surface area contributed by atoms with Gasteiger partial charge in [0.2, 0.25) is 11.8 Å². The second-order valence-corrected chi connectivity index (χ2v) is 9.24. The van der Waals surface area contributed by atoms with E-state index in [0.29, 0.717) is 29.7 Å². The van der Waals surface area contributed by atoms with Crippen LogP contribution in [-0.2, 0) is 14.4 Å². The molecule has 162 valence electrons. The summed E-state index contributed by atoms with van der Waals surface area (Å²) in [6.45, 7) is 2.20. The van der Waals surface area contributed by atoms with Crippen molar-refractivity contribution >= 4 is 23.5 Å². The number of hydrogen-bond donors (Lipinski definition) is 0. The Morgan fingerprint density at radius 1 is 0.967 bits per heavy atom. The summed E-state index contributed by atoms with van der Waals surface area (Å²) in [7, 11) is 0. The van der Waals surface area contributed by atoms with E-state index in [1.165, 1.54) is 30.6 Å². The van der Waals surface area contributed by atoms with Crippen LogP contribution < -0.4 is 9.64 Å². The van der Waals surface area contributed by atoms with Gasteiger partial charge in [0.1, 0.15) is 5.75 Å². The zero-order valence-corrected chi connectivity index (χ0v) is 18.0. The average Bonchev–Trinajstić information content (AvgIpc) is 3.41. The minimum absolute atomic E-state index is 0.0660. The molecule has 30 heavy (non-hydrogen) atoms. The number of ether oxygens (including phenoxy) is 1. The molecule has 1 heterocycles. The lowest BCUT2D eigenvalue weighted by Gasteiger charge is -2.19. The van der Waals surface area contributed by atoms with Crippen LogP contribution in [0.15, 0.2) is 24.3 Å². The summed E-state index contributed by atoms with van der Waals surface area (Å²) in [6, 6.07) is 6.87. The summed E-state index contributed by atoms with van der Waals surface area (Å²) in [5.74, 6) is 0.469. The summed E-state index contributed by atoms with van der Waals surface area (Å²) in [6.07, 6.45) is 11.6. The molecule has 3 fully saturated rings. The standard InChI is InChI=1S/C25H33NO4/c1-2-3-4-5-6-7-8-12-21(27)30-20-11-9-10-19(16-20)26-24(28)22-17-13-14-18(15-17)23(22)25(26)29/h9-11,16-18,22-23H,2-8,12-15H2,1H3/t17-,18-,22-,23-/m0/s1. The molecule has 1 aliphatic heterocycles. The second-order valence-electron chi connectivity index (χ2n) is 9.24. The number of unbranched alkanes of at least 4 members (excludes halogenated alkanes) is 6. The van der Waals surface area contributed by atoms with Crippen molar-refractivity contribution < 1.29 is 19.1 Å². The molecule has 5 heteroatoms. The van der Waals surface area contributed by atoms with Crippen LogP contribution in [0.2, 0.25) is 0 Å². The number of rotatable bonds is 10. The molecule has 5 nitrogen and oxygen atoms in total. The van der Waals surface area contributed by atoms with Gasteiger partial charge in [0.05, 0.1) is 17.5 Å². The fourth-order valence-electron chi connectivity index (χ4n) is 5.76. The van der Waals surface area contributed by atoms with Crippen LogP contribution in [0.5, 0.6) is 5.75 Å². The molecule has 2 aliphatic carbocycles.